The molecule has 5 heteroatoms. The second-order valence-electron chi connectivity index (χ2n) is 3.38. The van der Waals surface area contributed by atoms with Gasteiger partial charge in [0.2, 0.25) is 5.95 Å². The molecule has 1 aromatic heterocycles. The molecule has 0 unspecified atom stereocenters. The molecule has 1 aliphatic rings. The topological polar surface area (TPSA) is 61.0 Å². The van der Waals surface area contributed by atoms with Crippen LogP contribution in [0.2, 0.25) is 0 Å². The number of aromatic amines is 1. The molecule has 0 aromatic carbocycles. The molecule has 0 bridgehead atoms. The number of anilines is 1. The van der Waals surface area contributed by atoms with Crippen LogP contribution in [0.4, 0.5) is 5.95 Å². The molecule has 0 saturated carbocycles. The zero-order chi connectivity index (χ0) is 9.80. The van der Waals surface area contributed by atoms with Gasteiger partial charge in [0.05, 0.1) is 0 Å². The first-order chi connectivity index (χ1) is 6.86. The summed E-state index contributed by atoms with van der Waals surface area (Å²) in [6.45, 7) is 1.84. The molecule has 1 fully saturated rings. The smallest absolute Gasteiger partial charge is 0.252 e. The van der Waals surface area contributed by atoms with E-state index in [0.717, 1.165) is 19.5 Å². The third-order valence-corrected chi connectivity index (χ3v) is 2.27. The normalized spacial score (nSPS) is 17.9. The molecule has 2 N–H and O–H groups in total. The summed E-state index contributed by atoms with van der Waals surface area (Å²) in [7, 11) is 0. The summed E-state index contributed by atoms with van der Waals surface area (Å²) in [5.41, 5.74) is 3.12. The lowest BCUT2D eigenvalue weighted by Gasteiger charge is -2.20. The highest BCUT2D eigenvalue weighted by Gasteiger charge is 2.10. The Balaban J connectivity index is 2.16. The molecule has 76 valence electrons. The van der Waals surface area contributed by atoms with Gasteiger partial charge in [0.25, 0.3) is 5.56 Å². The van der Waals surface area contributed by atoms with Crippen molar-refractivity contribution in [2.75, 3.05) is 18.1 Å². The minimum atomic E-state index is -0.110. The van der Waals surface area contributed by atoms with Gasteiger partial charge in [-0.3, -0.25) is 14.8 Å². The Kier molecular flexibility index (Phi) is 2.78. The number of aromatic nitrogens is 2. The van der Waals surface area contributed by atoms with Crippen LogP contribution in [-0.2, 0) is 0 Å². The van der Waals surface area contributed by atoms with E-state index in [0.29, 0.717) is 5.95 Å². The second kappa shape index (κ2) is 4.23. The fourth-order valence-corrected chi connectivity index (χ4v) is 1.54. The van der Waals surface area contributed by atoms with Crippen molar-refractivity contribution in [1.82, 2.24) is 15.4 Å². The summed E-state index contributed by atoms with van der Waals surface area (Å²) in [4.78, 5) is 17.9. The van der Waals surface area contributed by atoms with Gasteiger partial charge in [-0.25, -0.2) is 10.4 Å². The number of nitrogens with one attached hydrogen (secondary N) is 2. The first kappa shape index (κ1) is 9.21. The number of rotatable bonds is 1. The van der Waals surface area contributed by atoms with Crippen LogP contribution < -0.4 is 16.0 Å². The lowest BCUT2D eigenvalue weighted by Crippen LogP contribution is -2.39. The monoisotopic (exact) mass is 194 g/mol. The van der Waals surface area contributed by atoms with Gasteiger partial charge >= 0.3 is 0 Å². The molecule has 0 aliphatic carbocycles. The highest BCUT2D eigenvalue weighted by Crippen LogP contribution is 2.07. The van der Waals surface area contributed by atoms with E-state index in [9.17, 15) is 4.79 Å². The zero-order valence-electron chi connectivity index (χ0n) is 7.99. The minimum absolute atomic E-state index is 0.110. The van der Waals surface area contributed by atoms with Gasteiger partial charge in [-0.15, -0.1) is 0 Å². The third-order valence-electron chi connectivity index (χ3n) is 2.27. The van der Waals surface area contributed by atoms with Crippen molar-refractivity contribution in [3.63, 3.8) is 0 Å². The van der Waals surface area contributed by atoms with E-state index in [1.165, 1.54) is 25.1 Å². The Morgan fingerprint density at radius 3 is 3.14 bits per heavy atom. The van der Waals surface area contributed by atoms with E-state index in [1.807, 2.05) is 5.01 Å². The van der Waals surface area contributed by atoms with Crippen LogP contribution >= 0.6 is 0 Å². The van der Waals surface area contributed by atoms with Crippen LogP contribution in [0, 0.1) is 0 Å². The average molecular weight is 194 g/mol. The summed E-state index contributed by atoms with van der Waals surface area (Å²) in [6, 6.07) is 1.42. The van der Waals surface area contributed by atoms with Gasteiger partial charge in [0, 0.05) is 25.4 Å². The van der Waals surface area contributed by atoms with Crippen molar-refractivity contribution in [3.8, 4) is 0 Å². The molecular formula is C9H14N4O. The number of nitrogens with zero attached hydrogens (tertiary/aromatic N) is 2. The first-order valence-corrected chi connectivity index (χ1v) is 4.92. The van der Waals surface area contributed by atoms with Crippen molar-refractivity contribution in [3.05, 3.63) is 22.6 Å². The van der Waals surface area contributed by atoms with Crippen LogP contribution in [0.15, 0.2) is 17.1 Å². The third kappa shape index (κ3) is 2.11. The van der Waals surface area contributed by atoms with Gasteiger partial charge in [-0.1, -0.05) is 6.42 Å². The largest absolute Gasteiger partial charge is 0.291 e. The van der Waals surface area contributed by atoms with Crippen LogP contribution in [0.1, 0.15) is 19.3 Å². The standard InChI is InChI=1S/C9H14N4O/c14-8-4-6-10-9(12-8)13-7-3-1-2-5-11-13/h4,6,11H,1-3,5,7H2,(H,10,12,14). The lowest BCUT2D eigenvalue weighted by molar-refractivity contribution is 0.641. The van der Waals surface area contributed by atoms with Crippen LogP contribution in [0.25, 0.3) is 0 Å². The van der Waals surface area contributed by atoms with E-state index in [4.69, 9.17) is 0 Å². The summed E-state index contributed by atoms with van der Waals surface area (Å²) in [5, 5.41) is 1.91. The quantitative estimate of drug-likeness (QED) is 0.673. The van der Waals surface area contributed by atoms with Gasteiger partial charge in [-0.05, 0) is 12.8 Å². The molecule has 0 amide bonds. The molecule has 1 aliphatic heterocycles. The summed E-state index contributed by atoms with van der Waals surface area (Å²) >= 11 is 0. The molecule has 0 spiro atoms. The van der Waals surface area contributed by atoms with Crippen molar-refractivity contribution in [2.45, 2.75) is 19.3 Å². The molecule has 2 rings (SSSR count). The van der Waals surface area contributed by atoms with Crippen LogP contribution in [0.5, 0.6) is 0 Å². The van der Waals surface area contributed by atoms with Gasteiger partial charge in [0.15, 0.2) is 0 Å². The van der Waals surface area contributed by atoms with E-state index in [2.05, 4.69) is 15.4 Å². The Morgan fingerprint density at radius 1 is 1.36 bits per heavy atom. The number of hydrazine groups is 1. The van der Waals surface area contributed by atoms with E-state index in [-0.39, 0.29) is 5.56 Å². The Labute approximate surface area is 82.1 Å². The Bertz CT molecular complexity index is 341. The summed E-state index contributed by atoms with van der Waals surface area (Å²) in [5.74, 6) is 0.611. The Morgan fingerprint density at radius 2 is 2.29 bits per heavy atom. The van der Waals surface area contributed by atoms with Crippen LogP contribution in [0.3, 0.4) is 0 Å². The van der Waals surface area contributed by atoms with Gasteiger partial charge in [0.1, 0.15) is 0 Å². The molecule has 0 radical (unpaired) electrons. The average Bonchev–Trinajstić information content (AvgIpc) is 2.45. The van der Waals surface area contributed by atoms with Crippen LogP contribution in [-0.4, -0.2) is 23.1 Å². The number of hydrogen-bond donors (Lipinski definition) is 2. The molecule has 1 aromatic rings. The second-order valence-corrected chi connectivity index (χ2v) is 3.38. The van der Waals surface area contributed by atoms with Gasteiger partial charge < -0.3 is 0 Å². The van der Waals surface area contributed by atoms with E-state index >= 15 is 0 Å². The Hall–Kier alpha value is -1.36. The number of hydrogen-bond acceptors (Lipinski definition) is 4. The maximum atomic E-state index is 11.1. The lowest BCUT2D eigenvalue weighted by atomic mass is 10.2. The predicted molar refractivity (Wildman–Crippen MR) is 54.1 cm³/mol. The van der Waals surface area contributed by atoms with E-state index < -0.39 is 0 Å². The summed E-state index contributed by atoms with van der Waals surface area (Å²) < 4.78 is 0. The highest BCUT2D eigenvalue weighted by atomic mass is 16.1. The van der Waals surface area contributed by atoms with Crippen molar-refractivity contribution >= 4 is 5.95 Å². The summed E-state index contributed by atoms with van der Waals surface area (Å²) in [6.07, 6.45) is 5.06. The SMILES string of the molecule is O=c1ccnc(N2CCCCCN2)[nH]1. The molecular weight excluding hydrogens is 180 g/mol. The fourth-order valence-electron chi connectivity index (χ4n) is 1.54. The maximum Gasteiger partial charge on any atom is 0.252 e. The maximum absolute atomic E-state index is 11.1. The number of H-pyrrole nitrogens is 1. The minimum Gasteiger partial charge on any atom is -0.291 e. The molecule has 1 saturated heterocycles. The van der Waals surface area contributed by atoms with E-state index in [1.54, 1.807) is 0 Å². The van der Waals surface area contributed by atoms with Crippen molar-refractivity contribution in [2.24, 2.45) is 0 Å². The van der Waals surface area contributed by atoms with Crippen molar-refractivity contribution < 1.29 is 0 Å². The highest BCUT2D eigenvalue weighted by molar-refractivity contribution is 5.25. The predicted octanol–water partition coefficient (Wildman–Crippen LogP) is 0.265. The van der Waals surface area contributed by atoms with Crippen molar-refractivity contribution in [1.29, 1.82) is 0 Å². The van der Waals surface area contributed by atoms with Gasteiger partial charge in [-0.2, -0.15) is 0 Å². The first-order valence-electron chi connectivity index (χ1n) is 4.92. The molecule has 2 heterocycles. The molecule has 0 atom stereocenters. The zero-order valence-corrected chi connectivity index (χ0v) is 7.99. The molecule has 14 heavy (non-hydrogen) atoms. The molecule has 5 nitrogen and oxygen atoms in total. The fraction of sp³-hybridized carbons (Fsp3) is 0.556.